The molecule has 0 aliphatic carbocycles. The van der Waals surface area contributed by atoms with Crippen molar-refractivity contribution in [2.24, 2.45) is 0 Å². The maximum absolute atomic E-state index is 12.7. The molecule has 0 saturated heterocycles. The maximum atomic E-state index is 12.7. The second-order valence-corrected chi connectivity index (χ2v) is 9.03. The Labute approximate surface area is 198 Å². The SMILES string of the molecule is Cc1nc(Cl)cc(C(C)NC(=O)c2ccc(-c3ccc(NC(=O)OC(C)(C)C)cc3)cc2)n1. The van der Waals surface area contributed by atoms with E-state index >= 15 is 0 Å². The number of carbonyl (C=O) groups is 2. The van der Waals surface area contributed by atoms with Crippen LogP contribution in [0.25, 0.3) is 11.1 Å². The number of benzene rings is 2. The molecule has 3 rings (SSSR count). The molecule has 7 nitrogen and oxygen atoms in total. The summed E-state index contributed by atoms with van der Waals surface area (Å²) in [5, 5.41) is 5.98. The third-order valence-corrected chi connectivity index (χ3v) is 4.82. The highest BCUT2D eigenvalue weighted by atomic mass is 35.5. The normalized spacial score (nSPS) is 12.1. The van der Waals surface area contributed by atoms with Crippen LogP contribution in [0.3, 0.4) is 0 Å². The van der Waals surface area contributed by atoms with Crippen LogP contribution in [0.5, 0.6) is 0 Å². The van der Waals surface area contributed by atoms with Crippen molar-refractivity contribution in [2.45, 2.75) is 46.3 Å². The van der Waals surface area contributed by atoms with Gasteiger partial charge in [-0.2, -0.15) is 0 Å². The van der Waals surface area contributed by atoms with Crippen molar-refractivity contribution in [3.8, 4) is 11.1 Å². The summed E-state index contributed by atoms with van der Waals surface area (Å²) in [7, 11) is 0. The van der Waals surface area contributed by atoms with Crippen LogP contribution < -0.4 is 10.6 Å². The van der Waals surface area contributed by atoms with Crippen molar-refractivity contribution in [3.63, 3.8) is 0 Å². The van der Waals surface area contributed by atoms with E-state index in [9.17, 15) is 9.59 Å². The van der Waals surface area contributed by atoms with E-state index < -0.39 is 11.7 Å². The van der Waals surface area contributed by atoms with E-state index in [0.29, 0.717) is 27.9 Å². The smallest absolute Gasteiger partial charge is 0.412 e. The first-order chi connectivity index (χ1) is 15.5. The monoisotopic (exact) mass is 466 g/mol. The molecule has 2 aromatic carbocycles. The van der Waals surface area contributed by atoms with Gasteiger partial charge in [-0.15, -0.1) is 0 Å². The van der Waals surface area contributed by atoms with Gasteiger partial charge in [0.05, 0.1) is 11.7 Å². The summed E-state index contributed by atoms with van der Waals surface area (Å²) in [6, 6.07) is 16.0. The number of anilines is 1. The van der Waals surface area contributed by atoms with E-state index in [4.69, 9.17) is 16.3 Å². The zero-order valence-corrected chi connectivity index (χ0v) is 20.0. The Bertz CT molecular complexity index is 1120. The summed E-state index contributed by atoms with van der Waals surface area (Å²) in [6.07, 6.45) is -0.501. The van der Waals surface area contributed by atoms with Crippen molar-refractivity contribution in [2.75, 3.05) is 5.32 Å². The molecule has 0 fully saturated rings. The van der Waals surface area contributed by atoms with Crippen molar-refractivity contribution >= 4 is 29.3 Å². The van der Waals surface area contributed by atoms with Gasteiger partial charge in [0, 0.05) is 11.3 Å². The summed E-state index contributed by atoms with van der Waals surface area (Å²) >= 11 is 5.99. The minimum Gasteiger partial charge on any atom is -0.444 e. The van der Waals surface area contributed by atoms with E-state index in [1.807, 2.05) is 52.0 Å². The standard InChI is InChI=1S/C25H27ClN4O3/c1-15(21-14-22(26)29-16(2)28-21)27-23(31)19-8-6-17(7-9-19)18-10-12-20(13-11-18)30-24(32)33-25(3,4)5/h6-15H,1-5H3,(H,27,31)(H,30,32). The molecular weight excluding hydrogens is 440 g/mol. The number of nitrogens with one attached hydrogen (secondary N) is 2. The van der Waals surface area contributed by atoms with Gasteiger partial charge in [-0.25, -0.2) is 14.8 Å². The highest BCUT2D eigenvalue weighted by molar-refractivity contribution is 6.29. The van der Waals surface area contributed by atoms with Gasteiger partial charge in [0.25, 0.3) is 5.91 Å². The Morgan fingerprint density at radius 3 is 2.09 bits per heavy atom. The van der Waals surface area contributed by atoms with Gasteiger partial charge in [0.15, 0.2) is 0 Å². The van der Waals surface area contributed by atoms with Gasteiger partial charge in [-0.05, 0) is 76.1 Å². The Kier molecular flexibility index (Phi) is 7.33. The summed E-state index contributed by atoms with van der Waals surface area (Å²) in [5.41, 5.74) is 3.16. The summed E-state index contributed by atoms with van der Waals surface area (Å²) in [4.78, 5) is 32.9. The summed E-state index contributed by atoms with van der Waals surface area (Å²) < 4.78 is 5.26. The molecule has 2 N–H and O–H groups in total. The molecule has 1 aromatic heterocycles. The molecule has 0 aliphatic heterocycles. The van der Waals surface area contributed by atoms with Gasteiger partial charge < -0.3 is 10.1 Å². The number of halogens is 1. The largest absolute Gasteiger partial charge is 0.444 e. The Morgan fingerprint density at radius 1 is 0.970 bits per heavy atom. The lowest BCUT2D eigenvalue weighted by molar-refractivity contribution is 0.0635. The first-order valence-electron chi connectivity index (χ1n) is 10.5. The lowest BCUT2D eigenvalue weighted by atomic mass is 10.0. The predicted molar refractivity (Wildman–Crippen MR) is 129 cm³/mol. The number of ether oxygens (including phenoxy) is 1. The second kappa shape index (κ2) is 10.0. The van der Waals surface area contributed by atoms with E-state index in [0.717, 1.165) is 11.1 Å². The van der Waals surface area contributed by atoms with Crippen LogP contribution in [0.4, 0.5) is 10.5 Å². The second-order valence-electron chi connectivity index (χ2n) is 8.64. The maximum Gasteiger partial charge on any atom is 0.412 e. The number of aryl methyl sites for hydroxylation is 1. The third-order valence-electron chi connectivity index (χ3n) is 4.63. The van der Waals surface area contributed by atoms with Crippen LogP contribution in [0, 0.1) is 6.92 Å². The van der Waals surface area contributed by atoms with Crippen molar-refractivity contribution < 1.29 is 14.3 Å². The van der Waals surface area contributed by atoms with E-state index in [1.165, 1.54) is 0 Å². The predicted octanol–water partition coefficient (Wildman–Crippen LogP) is 5.94. The molecule has 0 bridgehead atoms. The van der Waals surface area contributed by atoms with Gasteiger partial charge in [-0.3, -0.25) is 10.1 Å². The minimum absolute atomic E-state index is 0.210. The fraction of sp³-hybridized carbons (Fsp3) is 0.280. The molecule has 1 unspecified atom stereocenters. The molecule has 33 heavy (non-hydrogen) atoms. The highest BCUT2D eigenvalue weighted by Gasteiger charge is 2.16. The lowest BCUT2D eigenvalue weighted by Crippen LogP contribution is -2.27. The molecule has 3 aromatic rings. The summed E-state index contributed by atoms with van der Waals surface area (Å²) in [5.74, 6) is 0.341. The fourth-order valence-corrected chi connectivity index (χ4v) is 3.34. The van der Waals surface area contributed by atoms with Gasteiger partial charge in [0.1, 0.15) is 16.6 Å². The topological polar surface area (TPSA) is 93.2 Å². The Balaban J connectivity index is 1.63. The number of rotatable bonds is 5. The molecule has 1 heterocycles. The molecule has 8 heteroatoms. The fourth-order valence-electron chi connectivity index (χ4n) is 3.11. The molecular formula is C25H27ClN4O3. The van der Waals surface area contributed by atoms with E-state index in [-0.39, 0.29) is 11.9 Å². The lowest BCUT2D eigenvalue weighted by Gasteiger charge is -2.19. The molecule has 1 atom stereocenters. The zero-order valence-electron chi connectivity index (χ0n) is 19.3. The average Bonchev–Trinajstić information content (AvgIpc) is 2.72. The highest BCUT2D eigenvalue weighted by Crippen LogP contribution is 2.23. The Morgan fingerprint density at radius 2 is 1.55 bits per heavy atom. The molecule has 172 valence electrons. The van der Waals surface area contributed by atoms with Gasteiger partial charge in [-0.1, -0.05) is 35.9 Å². The van der Waals surface area contributed by atoms with E-state index in [1.54, 1.807) is 37.3 Å². The van der Waals surface area contributed by atoms with Crippen molar-refractivity contribution in [3.05, 3.63) is 76.8 Å². The third kappa shape index (κ3) is 7.02. The number of amides is 2. The number of nitrogens with zero attached hydrogens (tertiary/aromatic N) is 2. The first kappa shape index (κ1) is 24.2. The van der Waals surface area contributed by atoms with E-state index in [2.05, 4.69) is 20.6 Å². The van der Waals surface area contributed by atoms with Gasteiger partial charge in [0.2, 0.25) is 0 Å². The number of aromatic nitrogens is 2. The average molecular weight is 467 g/mol. The number of carbonyl (C=O) groups excluding carboxylic acids is 2. The van der Waals surface area contributed by atoms with Crippen LogP contribution >= 0.6 is 11.6 Å². The van der Waals surface area contributed by atoms with Gasteiger partial charge >= 0.3 is 6.09 Å². The van der Waals surface area contributed by atoms with Crippen molar-refractivity contribution in [1.82, 2.24) is 15.3 Å². The van der Waals surface area contributed by atoms with Crippen LogP contribution in [0.1, 0.15) is 55.6 Å². The van der Waals surface area contributed by atoms with Crippen LogP contribution in [0.2, 0.25) is 5.15 Å². The minimum atomic E-state index is -0.559. The molecule has 2 amide bonds. The molecule has 0 spiro atoms. The molecule has 0 radical (unpaired) electrons. The Hall–Kier alpha value is -3.45. The van der Waals surface area contributed by atoms with Crippen LogP contribution in [0.15, 0.2) is 54.6 Å². The first-order valence-corrected chi connectivity index (χ1v) is 10.9. The number of hydrogen-bond acceptors (Lipinski definition) is 5. The summed E-state index contributed by atoms with van der Waals surface area (Å²) in [6.45, 7) is 9.03. The quantitative estimate of drug-likeness (QED) is 0.453. The number of hydrogen-bond donors (Lipinski definition) is 2. The molecule has 0 saturated carbocycles. The van der Waals surface area contributed by atoms with Crippen LogP contribution in [-0.2, 0) is 4.74 Å². The molecule has 0 aliphatic rings. The van der Waals surface area contributed by atoms with Crippen LogP contribution in [-0.4, -0.2) is 27.6 Å². The van der Waals surface area contributed by atoms with Crippen molar-refractivity contribution in [1.29, 1.82) is 0 Å². The zero-order chi connectivity index (χ0) is 24.2.